The van der Waals surface area contributed by atoms with Crippen LogP contribution in [0.2, 0.25) is 5.02 Å². The summed E-state index contributed by atoms with van der Waals surface area (Å²) in [5, 5.41) is 0.725. The number of halogens is 2. The zero-order valence-electron chi connectivity index (χ0n) is 10.0. The van der Waals surface area contributed by atoms with Gasteiger partial charge in [0.1, 0.15) is 0 Å². The number of amides is 1. The van der Waals surface area contributed by atoms with Gasteiger partial charge in [-0.3, -0.25) is 4.79 Å². The summed E-state index contributed by atoms with van der Waals surface area (Å²) < 4.78 is 0. The van der Waals surface area contributed by atoms with Crippen molar-refractivity contribution in [3.05, 3.63) is 34.9 Å². The maximum absolute atomic E-state index is 11.4. The van der Waals surface area contributed by atoms with E-state index < -0.39 is 0 Å². The quantitative estimate of drug-likeness (QED) is 0.916. The molecule has 0 heterocycles. The zero-order valence-corrected chi connectivity index (χ0v) is 11.6. The van der Waals surface area contributed by atoms with Gasteiger partial charge in [-0.25, -0.2) is 0 Å². The third-order valence-corrected chi connectivity index (χ3v) is 2.93. The van der Waals surface area contributed by atoms with Gasteiger partial charge in [-0.05, 0) is 31.0 Å². The molecule has 96 valence electrons. The van der Waals surface area contributed by atoms with E-state index in [0.717, 1.165) is 17.0 Å². The first kappa shape index (κ1) is 16.2. The van der Waals surface area contributed by atoms with Crippen molar-refractivity contribution in [2.75, 3.05) is 13.6 Å². The summed E-state index contributed by atoms with van der Waals surface area (Å²) in [5.41, 5.74) is 6.48. The molecular weight excluding hydrogens is 259 g/mol. The van der Waals surface area contributed by atoms with Gasteiger partial charge in [0.05, 0.1) is 6.54 Å². The van der Waals surface area contributed by atoms with Crippen LogP contribution in [0.1, 0.15) is 12.5 Å². The normalized spacial score (nSPS) is 11.5. The van der Waals surface area contributed by atoms with E-state index in [0.29, 0.717) is 0 Å². The van der Waals surface area contributed by atoms with Crippen molar-refractivity contribution in [2.45, 2.75) is 19.4 Å². The summed E-state index contributed by atoms with van der Waals surface area (Å²) in [4.78, 5) is 13.1. The lowest BCUT2D eigenvalue weighted by Crippen LogP contribution is -2.40. The van der Waals surface area contributed by atoms with Crippen molar-refractivity contribution in [1.82, 2.24) is 4.90 Å². The minimum absolute atomic E-state index is 0. The van der Waals surface area contributed by atoms with Gasteiger partial charge >= 0.3 is 0 Å². The Labute approximate surface area is 113 Å². The van der Waals surface area contributed by atoms with Crippen LogP contribution in [-0.2, 0) is 11.2 Å². The summed E-state index contributed by atoms with van der Waals surface area (Å²) in [7, 11) is 1.77. The summed E-state index contributed by atoms with van der Waals surface area (Å²) in [6.45, 7) is 2.06. The Morgan fingerprint density at radius 3 is 2.41 bits per heavy atom. The van der Waals surface area contributed by atoms with E-state index in [1.54, 1.807) is 11.9 Å². The highest BCUT2D eigenvalue weighted by molar-refractivity contribution is 6.30. The molecule has 1 amide bonds. The van der Waals surface area contributed by atoms with E-state index in [2.05, 4.69) is 0 Å². The smallest absolute Gasteiger partial charge is 0.236 e. The lowest BCUT2D eigenvalue weighted by molar-refractivity contribution is -0.130. The van der Waals surface area contributed by atoms with E-state index in [-0.39, 0.29) is 30.9 Å². The van der Waals surface area contributed by atoms with E-state index in [1.807, 2.05) is 31.2 Å². The van der Waals surface area contributed by atoms with Crippen LogP contribution in [0.25, 0.3) is 0 Å². The largest absolute Gasteiger partial charge is 0.342 e. The monoisotopic (exact) mass is 276 g/mol. The number of nitrogens with zero attached hydrogens (tertiary/aromatic N) is 1. The number of benzene rings is 1. The molecule has 0 saturated carbocycles. The van der Waals surface area contributed by atoms with Crippen LogP contribution < -0.4 is 5.73 Å². The predicted molar refractivity (Wildman–Crippen MR) is 73.7 cm³/mol. The minimum Gasteiger partial charge on any atom is -0.342 e. The topological polar surface area (TPSA) is 46.3 Å². The number of carbonyl (C=O) groups excluding carboxylic acids is 1. The summed E-state index contributed by atoms with van der Waals surface area (Å²) >= 11 is 5.80. The van der Waals surface area contributed by atoms with E-state index in [4.69, 9.17) is 17.3 Å². The highest BCUT2D eigenvalue weighted by Gasteiger charge is 2.14. The fraction of sp³-hybridized carbons (Fsp3) is 0.417. The molecule has 0 aromatic heterocycles. The number of hydrogen-bond donors (Lipinski definition) is 1. The molecule has 0 saturated heterocycles. The molecule has 1 unspecified atom stereocenters. The Morgan fingerprint density at radius 2 is 1.94 bits per heavy atom. The second-order valence-corrected chi connectivity index (χ2v) is 4.32. The average molecular weight is 277 g/mol. The minimum atomic E-state index is -0.0403. The highest BCUT2D eigenvalue weighted by atomic mass is 35.5. The molecular formula is C12H18Cl2N2O. The van der Waals surface area contributed by atoms with Crippen molar-refractivity contribution in [3.63, 3.8) is 0 Å². The first-order chi connectivity index (χ1) is 7.54. The summed E-state index contributed by atoms with van der Waals surface area (Å²) in [5.74, 6) is -0.0403. The third kappa shape index (κ3) is 4.94. The number of rotatable bonds is 4. The molecule has 0 aliphatic carbocycles. The SMILES string of the molecule is CC(Cc1ccc(Cl)cc1)N(C)C(=O)CN.Cl. The Morgan fingerprint density at radius 1 is 1.41 bits per heavy atom. The van der Waals surface area contributed by atoms with Crippen LogP contribution in [0, 0.1) is 0 Å². The van der Waals surface area contributed by atoms with Crippen molar-refractivity contribution in [2.24, 2.45) is 5.73 Å². The third-order valence-electron chi connectivity index (χ3n) is 2.67. The molecule has 0 bridgehead atoms. The highest BCUT2D eigenvalue weighted by Crippen LogP contribution is 2.12. The molecule has 1 aromatic rings. The summed E-state index contributed by atoms with van der Waals surface area (Å²) in [6, 6.07) is 7.79. The number of carbonyl (C=O) groups is 1. The van der Waals surface area contributed by atoms with Crippen LogP contribution >= 0.6 is 24.0 Å². The zero-order chi connectivity index (χ0) is 12.1. The van der Waals surface area contributed by atoms with E-state index in [1.165, 1.54) is 0 Å². The fourth-order valence-electron chi connectivity index (χ4n) is 1.49. The van der Waals surface area contributed by atoms with Crippen LogP contribution in [0.5, 0.6) is 0 Å². The second kappa shape index (κ2) is 7.54. The Kier molecular flexibility index (Phi) is 7.19. The van der Waals surface area contributed by atoms with Crippen LogP contribution in [-0.4, -0.2) is 30.4 Å². The van der Waals surface area contributed by atoms with Gasteiger partial charge in [0.25, 0.3) is 0 Å². The van der Waals surface area contributed by atoms with Gasteiger partial charge in [-0.15, -0.1) is 12.4 Å². The Hall–Kier alpha value is -0.770. The molecule has 0 fully saturated rings. The summed E-state index contributed by atoms with van der Waals surface area (Å²) in [6.07, 6.45) is 0.805. The van der Waals surface area contributed by atoms with Gasteiger partial charge in [0.2, 0.25) is 5.91 Å². The molecule has 2 N–H and O–H groups in total. The fourth-order valence-corrected chi connectivity index (χ4v) is 1.61. The first-order valence-electron chi connectivity index (χ1n) is 5.24. The first-order valence-corrected chi connectivity index (χ1v) is 5.62. The van der Waals surface area contributed by atoms with Crippen molar-refractivity contribution in [1.29, 1.82) is 0 Å². The van der Waals surface area contributed by atoms with Gasteiger partial charge in [-0.1, -0.05) is 23.7 Å². The van der Waals surface area contributed by atoms with Gasteiger partial charge < -0.3 is 10.6 Å². The van der Waals surface area contributed by atoms with Crippen LogP contribution in [0.15, 0.2) is 24.3 Å². The standard InChI is InChI=1S/C12H17ClN2O.ClH/c1-9(15(2)12(16)8-14)7-10-3-5-11(13)6-4-10;/h3-6,9H,7-8,14H2,1-2H3;1H. The molecule has 0 radical (unpaired) electrons. The van der Waals surface area contributed by atoms with Crippen molar-refractivity contribution < 1.29 is 4.79 Å². The maximum atomic E-state index is 11.4. The van der Waals surface area contributed by atoms with Gasteiger partial charge in [-0.2, -0.15) is 0 Å². The average Bonchev–Trinajstić information content (AvgIpc) is 2.30. The number of likely N-dealkylation sites (N-methyl/N-ethyl adjacent to an activating group) is 1. The van der Waals surface area contributed by atoms with E-state index >= 15 is 0 Å². The molecule has 0 aliphatic rings. The molecule has 5 heteroatoms. The van der Waals surface area contributed by atoms with Gasteiger partial charge in [0, 0.05) is 18.1 Å². The predicted octanol–water partition coefficient (Wildman–Crippen LogP) is 2.11. The molecule has 0 aliphatic heterocycles. The molecule has 1 aromatic carbocycles. The van der Waals surface area contributed by atoms with E-state index in [9.17, 15) is 4.79 Å². The lowest BCUT2D eigenvalue weighted by atomic mass is 10.1. The number of nitrogens with two attached hydrogens (primary N) is 1. The lowest BCUT2D eigenvalue weighted by Gasteiger charge is -2.24. The maximum Gasteiger partial charge on any atom is 0.236 e. The van der Waals surface area contributed by atoms with Crippen LogP contribution in [0.3, 0.4) is 0 Å². The number of hydrogen-bond acceptors (Lipinski definition) is 2. The Bertz CT molecular complexity index is 354. The van der Waals surface area contributed by atoms with Crippen LogP contribution in [0.4, 0.5) is 0 Å². The second-order valence-electron chi connectivity index (χ2n) is 3.89. The molecule has 0 spiro atoms. The molecule has 1 rings (SSSR count). The van der Waals surface area contributed by atoms with Crippen molar-refractivity contribution >= 4 is 29.9 Å². The van der Waals surface area contributed by atoms with Crippen molar-refractivity contribution in [3.8, 4) is 0 Å². The van der Waals surface area contributed by atoms with Gasteiger partial charge in [0.15, 0.2) is 0 Å². The molecule has 3 nitrogen and oxygen atoms in total. The Balaban J connectivity index is 0.00000256. The molecule has 1 atom stereocenters. The molecule has 17 heavy (non-hydrogen) atoms.